The lowest BCUT2D eigenvalue weighted by Crippen LogP contribution is -2.42. The fourth-order valence-corrected chi connectivity index (χ4v) is 4.51. The molecule has 1 aromatic rings. The zero-order valence-electron chi connectivity index (χ0n) is 17.4. The summed E-state index contributed by atoms with van der Waals surface area (Å²) in [6, 6.07) is 3.58. The Kier molecular flexibility index (Phi) is 6.62. The molecule has 0 spiro atoms. The number of aromatic nitrogens is 1. The van der Waals surface area contributed by atoms with Crippen LogP contribution in [-0.4, -0.2) is 83.3 Å². The minimum Gasteiger partial charge on any atom is -0.378 e. The number of hydrogen-bond donors (Lipinski definition) is 0. The van der Waals surface area contributed by atoms with Crippen molar-refractivity contribution in [3.05, 3.63) is 29.6 Å². The number of hydrogen-bond acceptors (Lipinski definition) is 5. The Morgan fingerprint density at radius 2 is 1.87 bits per heavy atom. The molecule has 0 aliphatic carbocycles. The molecule has 0 aromatic carbocycles. The molecule has 0 unspecified atom stereocenters. The zero-order chi connectivity index (χ0) is 20.9. The third-order valence-corrected chi connectivity index (χ3v) is 6.24. The molecule has 162 valence electrons. The van der Waals surface area contributed by atoms with E-state index in [0.29, 0.717) is 51.4 Å². The minimum absolute atomic E-state index is 0.0111. The number of carbonyl (C=O) groups is 3. The van der Waals surface area contributed by atoms with Gasteiger partial charge in [-0.15, -0.1) is 0 Å². The smallest absolute Gasteiger partial charge is 0.255 e. The highest BCUT2D eigenvalue weighted by Gasteiger charge is 2.32. The van der Waals surface area contributed by atoms with Gasteiger partial charge in [0.05, 0.1) is 37.1 Å². The third kappa shape index (κ3) is 4.64. The van der Waals surface area contributed by atoms with Crippen molar-refractivity contribution in [3.8, 4) is 0 Å². The van der Waals surface area contributed by atoms with Crippen LogP contribution in [0.15, 0.2) is 18.3 Å². The van der Waals surface area contributed by atoms with Gasteiger partial charge in [0.2, 0.25) is 11.8 Å². The van der Waals surface area contributed by atoms with Crippen LogP contribution in [0.3, 0.4) is 0 Å². The topological polar surface area (TPSA) is 83.1 Å². The molecule has 0 N–H and O–H groups in total. The third-order valence-electron chi connectivity index (χ3n) is 6.24. The molecule has 0 radical (unpaired) electrons. The second-order valence-corrected chi connectivity index (χ2v) is 8.25. The highest BCUT2D eigenvalue weighted by Crippen LogP contribution is 2.31. The Hall–Kier alpha value is -2.48. The van der Waals surface area contributed by atoms with Crippen molar-refractivity contribution in [2.45, 2.75) is 44.6 Å². The van der Waals surface area contributed by atoms with Gasteiger partial charge in [0.15, 0.2) is 0 Å². The first-order valence-corrected chi connectivity index (χ1v) is 11.0. The summed E-state index contributed by atoms with van der Waals surface area (Å²) in [4.78, 5) is 47.7. The van der Waals surface area contributed by atoms with Crippen molar-refractivity contribution >= 4 is 17.7 Å². The Morgan fingerprint density at radius 1 is 1.03 bits per heavy atom. The lowest BCUT2D eigenvalue weighted by atomic mass is 10.1. The normalized spacial score (nSPS) is 22.9. The molecule has 4 rings (SSSR count). The quantitative estimate of drug-likeness (QED) is 0.748. The zero-order valence-corrected chi connectivity index (χ0v) is 17.4. The van der Waals surface area contributed by atoms with Crippen LogP contribution in [0.1, 0.15) is 60.6 Å². The fraction of sp³-hybridized carbons (Fsp3) is 0.636. The minimum atomic E-state index is -0.0906. The predicted molar refractivity (Wildman–Crippen MR) is 110 cm³/mol. The Balaban J connectivity index is 1.40. The molecule has 30 heavy (non-hydrogen) atoms. The Labute approximate surface area is 177 Å². The van der Waals surface area contributed by atoms with Gasteiger partial charge in [0.1, 0.15) is 0 Å². The van der Waals surface area contributed by atoms with Gasteiger partial charge >= 0.3 is 0 Å². The largest absolute Gasteiger partial charge is 0.378 e. The number of pyridine rings is 1. The summed E-state index contributed by atoms with van der Waals surface area (Å²) in [5.74, 6) is 0.0418. The Bertz CT molecular complexity index is 776. The number of morpholine rings is 1. The molecule has 8 heteroatoms. The van der Waals surface area contributed by atoms with E-state index < -0.39 is 0 Å². The number of ether oxygens (including phenoxy) is 1. The maximum absolute atomic E-state index is 13.0. The van der Waals surface area contributed by atoms with Crippen LogP contribution < -0.4 is 0 Å². The molecule has 0 bridgehead atoms. The first-order chi connectivity index (χ1) is 14.6. The average molecular weight is 415 g/mol. The summed E-state index contributed by atoms with van der Waals surface area (Å²) < 4.78 is 5.30. The van der Waals surface area contributed by atoms with Crippen LogP contribution in [0, 0.1) is 0 Å². The molecule has 3 amide bonds. The summed E-state index contributed by atoms with van der Waals surface area (Å²) in [7, 11) is 0. The van der Waals surface area contributed by atoms with Crippen molar-refractivity contribution in [2.75, 3.05) is 45.9 Å². The van der Waals surface area contributed by atoms with Gasteiger partial charge in [-0.3, -0.25) is 19.4 Å². The molecular weight excluding hydrogens is 384 g/mol. The second-order valence-electron chi connectivity index (χ2n) is 8.25. The molecule has 1 aromatic heterocycles. The maximum atomic E-state index is 13.0. The van der Waals surface area contributed by atoms with E-state index in [1.54, 1.807) is 22.1 Å². The van der Waals surface area contributed by atoms with Gasteiger partial charge in [-0.1, -0.05) is 6.42 Å². The van der Waals surface area contributed by atoms with Gasteiger partial charge in [-0.2, -0.15) is 0 Å². The summed E-state index contributed by atoms with van der Waals surface area (Å²) in [6.45, 7) is 3.83. The molecule has 8 nitrogen and oxygen atoms in total. The van der Waals surface area contributed by atoms with E-state index in [1.165, 1.54) is 0 Å². The van der Waals surface area contributed by atoms with E-state index in [9.17, 15) is 14.4 Å². The lowest BCUT2D eigenvalue weighted by molar-refractivity contribution is -0.140. The van der Waals surface area contributed by atoms with Gasteiger partial charge in [-0.25, -0.2) is 0 Å². The number of nitrogens with zero attached hydrogens (tertiary/aromatic N) is 4. The van der Waals surface area contributed by atoms with Crippen LogP contribution in [0.5, 0.6) is 0 Å². The highest BCUT2D eigenvalue weighted by atomic mass is 16.5. The molecule has 1 atom stereocenters. The van der Waals surface area contributed by atoms with Crippen molar-refractivity contribution in [2.24, 2.45) is 0 Å². The summed E-state index contributed by atoms with van der Waals surface area (Å²) in [6.07, 6.45) is 6.84. The van der Waals surface area contributed by atoms with Gasteiger partial charge in [0.25, 0.3) is 5.91 Å². The van der Waals surface area contributed by atoms with Crippen LogP contribution in [0.4, 0.5) is 0 Å². The molecule has 4 heterocycles. The standard InChI is InChI=1S/C22H30N4O4/c27-20-6-2-1-3-9-25(20)16-21(28)26-10-4-5-19(26)18-8-7-17(15-23-18)22(29)24-11-13-30-14-12-24/h7-8,15,19H,1-6,9-14,16H2/t19-/m1/s1. The molecule has 3 aliphatic rings. The summed E-state index contributed by atoms with van der Waals surface area (Å²) >= 11 is 0. The second kappa shape index (κ2) is 9.55. The highest BCUT2D eigenvalue weighted by molar-refractivity contribution is 5.94. The number of amides is 3. The number of likely N-dealkylation sites (tertiary alicyclic amines) is 2. The SMILES string of the molecule is O=C1CCCCCN1CC(=O)N1CCC[C@@H]1c1ccc(C(=O)N2CCOCC2)cn1. The van der Waals surface area contributed by atoms with E-state index in [2.05, 4.69) is 4.98 Å². The van der Waals surface area contributed by atoms with Crippen molar-refractivity contribution < 1.29 is 19.1 Å². The van der Waals surface area contributed by atoms with E-state index in [1.807, 2.05) is 11.0 Å². The van der Waals surface area contributed by atoms with E-state index in [-0.39, 0.29) is 30.3 Å². The molecule has 0 saturated carbocycles. The van der Waals surface area contributed by atoms with Gasteiger partial charge in [0, 0.05) is 38.8 Å². The number of rotatable bonds is 4. The first-order valence-electron chi connectivity index (χ1n) is 11.0. The lowest BCUT2D eigenvalue weighted by Gasteiger charge is -2.28. The molecular formula is C22H30N4O4. The monoisotopic (exact) mass is 414 g/mol. The van der Waals surface area contributed by atoms with E-state index in [4.69, 9.17) is 4.74 Å². The Morgan fingerprint density at radius 3 is 2.63 bits per heavy atom. The predicted octanol–water partition coefficient (Wildman–Crippen LogP) is 1.62. The van der Waals surface area contributed by atoms with Gasteiger partial charge in [-0.05, 0) is 37.8 Å². The first kappa shape index (κ1) is 20.8. The molecule has 3 fully saturated rings. The summed E-state index contributed by atoms with van der Waals surface area (Å²) in [5.41, 5.74) is 1.37. The maximum Gasteiger partial charge on any atom is 0.255 e. The van der Waals surface area contributed by atoms with E-state index in [0.717, 1.165) is 37.8 Å². The van der Waals surface area contributed by atoms with Crippen LogP contribution >= 0.6 is 0 Å². The van der Waals surface area contributed by atoms with Crippen LogP contribution in [0.2, 0.25) is 0 Å². The van der Waals surface area contributed by atoms with E-state index >= 15 is 0 Å². The van der Waals surface area contributed by atoms with Crippen LogP contribution in [0.25, 0.3) is 0 Å². The van der Waals surface area contributed by atoms with Crippen molar-refractivity contribution in [1.29, 1.82) is 0 Å². The molecule has 3 aliphatic heterocycles. The number of carbonyl (C=O) groups excluding carboxylic acids is 3. The summed E-state index contributed by atoms with van der Waals surface area (Å²) in [5, 5.41) is 0. The van der Waals surface area contributed by atoms with Gasteiger partial charge < -0.3 is 19.4 Å². The van der Waals surface area contributed by atoms with Crippen molar-refractivity contribution in [3.63, 3.8) is 0 Å². The van der Waals surface area contributed by atoms with Crippen LogP contribution in [-0.2, 0) is 14.3 Å². The fourth-order valence-electron chi connectivity index (χ4n) is 4.51. The average Bonchev–Trinajstić information content (AvgIpc) is 3.19. The molecule has 3 saturated heterocycles. The van der Waals surface area contributed by atoms with Crippen molar-refractivity contribution in [1.82, 2.24) is 19.7 Å².